The van der Waals surface area contributed by atoms with Crippen LogP contribution in [-0.4, -0.2) is 33.2 Å². The Balaban J connectivity index is 2.03. The lowest BCUT2D eigenvalue weighted by Crippen LogP contribution is -2.22. The van der Waals surface area contributed by atoms with Crippen LogP contribution in [0.1, 0.15) is 31.4 Å². The minimum atomic E-state index is -3.48. The fourth-order valence-corrected chi connectivity index (χ4v) is 4.55. The fourth-order valence-electron chi connectivity index (χ4n) is 3.03. The summed E-state index contributed by atoms with van der Waals surface area (Å²) in [5, 5.41) is 2.83. The molecule has 0 heterocycles. The van der Waals surface area contributed by atoms with Crippen molar-refractivity contribution < 1.29 is 13.2 Å². The third-order valence-electron chi connectivity index (χ3n) is 4.64. The van der Waals surface area contributed by atoms with Crippen molar-refractivity contribution in [2.75, 3.05) is 29.1 Å². The molecule has 27 heavy (non-hydrogen) atoms. The Labute approximate surface area is 162 Å². The summed E-state index contributed by atoms with van der Waals surface area (Å²) in [6, 6.07) is 12.7. The molecule has 0 saturated heterocycles. The second-order valence-corrected chi connectivity index (χ2v) is 8.63. The number of carbonyl (C=O) groups excluding carboxylic acids is 1. The molecule has 0 spiro atoms. The molecule has 2 aromatic rings. The predicted molar refractivity (Wildman–Crippen MR) is 111 cm³/mol. The summed E-state index contributed by atoms with van der Waals surface area (Å²) in [6.07, 6.45) is -0.0755. The number of sulfone groups is 1. The van der Waals surface area contributed by atoms with Gasteiger partial charge in [0.1, 0.15) is 0 Å². The van der Waals surface area contributed by atoms with Crippen LogP contribution in [-0.2, 0) is 14.6 Å². The standard InChI is InChI=1S/C21H28N2O3S/c1-5-23(6-2)18-11-12-19(17(4)15-18)22-21(24)13-14-27(25,26)20-10-8-7-9-16(20)3/h7-12,15H,5-6,13-14H2,1-4H3,(H,22,24). The molecule has 6 heteroatoms. The normalized spacial score (nSPS) is 11.3. The van der Waals surface area contributed by atoms with Gasteiger partial charge in [-0.1, -0.05) is 18.2 Å². The highest BCUT2D eigenvalue weighted by atomic mass is 32.2. The van der Waals surface area contributed by atoms with Crippen molar-refractivity contribution in [3.8, 4) is 0 Å². The smallest absolute Gasteiger partial charge is 0.225 e. The Morgan fingerprint density at radius 3 is 2.26 bits per heavy atom. The molecule has 5 nitrogen and oxygen atoms in total. The first-order valence-corrected chi connectivity index (χ1v) is 10.9. The van der Waals surface area contributed by atoms with Gasteiger partial charge in [-0.25, -0.2) is 8.42 Å². The summed E-state index contributed by atoms with van der Waals surface area (Å²) in [7, 11) is -3.48. The number of aryl methyl sites for hydroxylation is 2. The van der Waals surface area contributed by atoms with Crippen LogP contribution >= 0.6 is 0 Å². The summed E-state index contributed by atoms with van der Waals surface area (Å²) >= 11 is 0. The number of rotatable bonds is 8. The molecule has 146 valence electrons. The minimum Gasteiger partial charge on any atom is -0.372 e. The molecule has 0 aliphatic carbocycles. The first-order valence-electron chi connectivity index (χ1n) is 9.22. The molecule has 0 bridgehead atoms. The van der Waals surface area contributed by atoms with Crippen molar-refractivity contribution in [1.29, 1.82) is 0 Å². The molecular formula is C21H28N2O3S. The Morgan fingerprint density at radius 1 is 1.00 bits per heavy atom. The van der Waals surface area contributed by atoms with E-state index in [1.807, 2.05) is 25.1 Å². The van der Waals surface area contributed by atoms with Gasteiger partial charge in [0.05, 0.1) is 10.6 Å². The summed E-state index contributed by atoms with van der Waals surface area (Å²) in [6.45, 7) is 9.73. The van der Waals surface area contributed by atoms with E-state index in [1.165, 1.54) is 0 Å². The van der Waals surface area contributed by atoms with Crippen molar-refractivity contribution in [3.63, 3.8) is 0 Å². The first-order chi connectivity index (χ1) is 12.8. The molecule has 0 radical (unpaired) electrons. The van der Waals surface area contributed by atoms with Gasteiger partial charge >= 0.3 is 0 Å². The van der Waals surface area contributed by atoms with Crippen molar-refractivity contribution in [1.82, 2.24) is 0 Å². The van der Waals surface area contributed by atoms with Gasteiger partial charge in [-0.3, -0.25) is 4.79 Å². The average molecular weight is 389 g/mol. The van der Waals surface area contributed by atoms with E-state index in [1.54, 1.807) is 31.2 Å². The second kappa shape index (κ2) is 9.04. The maximum absolute atomic E-state index is 12.5. The van der Waals surface area contributed by atoms with E-state index < -0.39 is 9.84 Å². The van der Waals surface area contributed by atoms with Gasteiger partial charge < -0.3 is 10.2 Å². The monoisotopic (exact) mass is 388 g/mol. The van der Waals surface area contributed by atoms with Gasteiger partial charge in [0.15, 0.2) is 9.84 Å². The van der Waals surface area contributed by atoms with E-state index >= 15 is 0 Å². The first kappa shape index (κ1) is 21.0. The molecule has 1 amide bonds. The van der Waals surface area contributed by atoms with Crippen LogP contribution in [0.2, 0.25) is 0 Å². The van der Waals surface area contributed by atoms with Crippen molar-refractivity contribution in [2.24, 2.45) is 0 Å². The van der Waals surface area contributed by atoms with E-state index in [-0.39, 0.29) is 23.0 Å². The lowest BCUT2D eigenvalue weighted by Gasteiger charge is -2.22. The van der Waals surface area contributed by atoms with Crippen LogP contribution < -0.4 is 10.2 Å². The van der Waals surface area contributed by atoms with E-state index in [0.29, 0.717) is 11.3 Å². The van der Waals surface area contributed by atoms with E-state index in [0.717, 1.165) is 24.3 Å². The molecule has 2 rings (SSSR count). The zero-order valence-corrected chi connectivity index (χ0v) is 17.3. The number of nitrogens with one attached hydrogen (secondary N) is 1. The molecule has 0 saturated carbocycles. The zero-order valence-electron chi connectivity index (χ0n) is 16.5. The number of benzene rings is 2. The molecular weight excluding hydrogens is 360 g/mol. The molecule has 0 aliphatic heterocycles. The number of amides is 1. The summed E-state index contributed by atoms with van der Waals surface area (Å²) in [4.78, 5) is 14.8. The third kappa shape index (κ3) is 5.32. The highest BCUT2D eigenvalue weighted by molar-refractivity contribution is 7.91. The third-order valence-corrected chi connectivity index (χ3v) is 6.51. The number of carbonyl (C=O) groups is 1. The quantitative estimate of drug-likeness (QED) is 0.743. The lowest BCUT2D eigenvalue weighted by atomic mass is 10.1. The van der Waals surface area contributed by atoms with Crippen LogP contribution in [0.5, 0.6) is 0 Å². The Hall–Kier alpha value is -2.34. The van der Waals surface area contributed by atoms with Crippen LogP contribution in [0.15, 0.2) is 47.4 Å². The summed E-state index contributed by atoms with van der Waals surface area (Å²) in [5.74, 6) is -0.508. The number of hydrogen-bond donors (Lipinski definition) is 1. The number of hydrogen-bond acceptors (Lipinski definition) is 4. The van der Waals surface area contributed by atoms with Gasteiger partial charge in [-0.05, 0) is 63.1 Å². The van der Waals surface area contributed by atoms with Crippen LogP contribution in [0.25, 0.3) is 0 Å². The van der Waals surface area contributed by atoms with Crippen LogP contribution in [0, 0.1) is 13.8 Å². The zero-order chi connectivity index (χ0) is 20.0. The highest BCUT2D eigenvalue weighted by Crippen LogP contribution is 2.23. The van der Waals surface area contributed by atoms with Gasteiger partial charge in [0.2, 0.25) is 5.91 Å². The Bertz CT molecular complexity index is 903. The van der Waals surface area contributed by atoms with Crippen molar-refractivity contribution in [2.45, 2.75) is 39.0 Å². The van der Waals surface area contributed by atoms with E-state index in [4.69, 9.17) is 0 Å². The Kier molecular flexibility index (Phi) is 7.02. The molecule has 0 unspecified atom stereocenters. The van der Waals surface area contributed by atoms with Gasteiger partial charge in [-0.2, -0.15) is 0 Å². The maximum Gasteiger partial charge on any atom is 0.225 e. The molecule has 1 N–H and O–H groups in total. The van der Waals surface area contributed by atoms with Crippen molar-refractivity contribution in [3.05, 3.63) is 53.6 Å². The fraction of sp³-hybridized carbons (Fsp3) is 0.381. The van der Waals surface area contributed by atoms with Gasteiger partial charge in [0.25, 0.3) is 0 Å². The van der Waals surface area contributed by atoms with Crippen LogP contribution in [0.3, 0.4) is 0 Å². The number of nitrogens with zero attached hydrogens (tertiary/aromatic N) is 1. The topological polar surface area (TPSA) is 66.5 Å². The van der Waals surface area contributed by atoms with Crippen LogP contribution in [0.4, 0.5) is 11.4 Å². The SMILES string of the molecule is CCN(CC)c1ccc(NC(=O)CCS(=O)(=O)c2ccccc2C)c(C)c1. The molecule has 0 aromatic heterocycles. The summed E-state index contributed by atoms with van der Waals surface area (Å²) in [5.41, 5.74) is 3.47. The predicted octanol–water partition coefficient (Wildman–Crippen LogP) is 3.95. The largest absolute Gasteiger partial charge is 0.372 e. The van der Waals surface area contributed by atoms with E-state index in [9.17, 15) is 13.2 Å². The van der Waals surface area contributed by atoms with E-state index in [2.05, 4.69) is 24.1 Å². The second-order valence-electron chi connectivity index (χ2n) is 6.55. The summed E-state index contributed by atoms with van der Waals surface area (Å²) < 4.78 is 25.0. The Morgan fingerprint density at radius 2 is 1.67 bits per heavy atom. The highest BCUT2D eigenvalue weighted by Gasteiger charge is 2.18. The average Bonchev–Trinajstić information content (AvgIpc) is 2.63. The molecule has 0 aliphatic rings. The minimum absolute atomic E-state index is 0.0755. The molecule has 0 fully saturated rings. The number of anilines is 2. The molecule has 2 aromatic carbocycles. The van der Waals surface area contributed by atoms with Crippen molar-refractivity contribution >= 4 is 27.1 Å². The van der Waals surface area contributed by atoms with Gasteiger partial charge in [0, 0.05) is 30.9 Å². The maximum atomic E-state index is 12.5. The van der Waals surface area contributed by atoms with Gasteiger partial charge in [-0.15, -0.1) is 0 Å². The molecule has 0 atom stereocenters. The lowest BCUT2D eigenvalue weighted by molar-refractivity contribution is -0.115.